The van der Waals surface area contributed by atoms with Crippen LogP contribution in [0.2, 0.25) is 0 Å². The number of nitrogens with zero attached hydrogens (tertiary/aromatic N) is 4. The zero-order valence-electron chi connectivity index (χ0n) is 16.7. The van der Waals surface area contributed by atoms with Crippen LogP contribution in [0.5, 0.6) is 0 Å². The topological polar surface area (TPSA) is 47.1 Å². The first kappa shape index (κ1) is 21.3. The Morgan fingerprint density at radius 3 is 1.89 bits per heavy atom. The Morgan fingerprint density at radius 1 is 0.926 bits per heavy atom. The maximum atomic E-state index is 13.0. The van der Waals surface area contributed by atoms with Crippen molar-refractivity contribution in [2.75, 3.05) is 59.4 Å². The van der Waals surface area contributed by atoms with Crippen molar-refractivity contribution in [3.63, 3.8) is 0 Å². The van der Waals surface area contributed by atoms with Gasteiger partial charge < -0.3 is 9.80 Å². The van der Waals surface area contributed by atoms with Crippen molar-refractivity contribution < 1.29 is 14.0 Å². The van der Waals surface area contributed by atoms with Crippen LogP contribution >= 0.6 is 0 Å². The third-order valence-electron chi connectivity index (χ3n) is 5.06. The number of piperazine rings is 1. The number of carbonyl (C=O) groups is 2. The Hall–Kier alpha value is -1.99. The van der Waals surface area contributed by atoms with Crippen molar-refractivity contribution >= 4 is 11.8 Å². The number of hydrogen-bond donors (Lipinski definition) is 0. The van der Waals surface area contributed by atoms with Crippen molar-refractivity contribution in [2.24, 2.45) is 0 Å². The van der Waals surface area contributed by atoms with Crippen LogP contribution in [-0.4, -0.2) is 90.8 Å². The summed E-state index contributed by atoms with van der Waals surface area (Å²) in [7, 11) is 1.77. The fraction of sp³-hybridized carbons (Fsp3) is 0.600. The van der Waals surface area contributed by atoms with E-state index >= 15 is 0 Å². The molecule has 27 heavy (non-hydrogen) atoms. The van der Waals surface area contributed by atoms with Crippen molar-refractivity contribution in [1.82, 2.24) is 19.6 Å². The van der Waals surface area contributed by atoms with Gasteiger partial charge in [0.1, 0.15) is 5.82 Å². The SMILES string of the molecule is CCN(CC)C(=O)CN1CCN(CC(=O)N(C)Cc2ccc(F)cc2)CC1. The lowest BCUT2D eigenvalue weighted by Crippen LogP contribution is -2.52. The van der Waals surface area contributed by atoms with Crippen molar-refractivity contribution in [2.45, 2.75) is 20.4 Å². The summed E-state index contributed by atoms with van der Waals surface area (Å²) in [5, 5.41) is 0. The summed E-state index contributed by atoms with van der Waals surface area (Å²) in [6.45, 7) is 9.91. The lowest BCUT2D eigenvalue weighted by Gasteiger charge is -2.35. The van der Waals surface area contributed by atoms with Crippen LogP contribution in [-0.2, 0) is 16.1 Å². The fourth-order valence-corrected chi connectivity index (χ4v) is 3.24. The van der Waals surface area contributed by atoms with Gasteiger partial charge in [-0.3, -0.25) is 19.4 Å². The Balaban J connectivity index is 1.73. The molecule has 2 amide bonds. The molecule has 0 radical (unpaired) electrons. The molecule has 6 nitrogen and oxygen atoms in total. The Bertz CT molecular complexity index is 611. The third-order valence-corrected chi connectivity index (χ3v) is 5.06. The molecule has 0 aliphatic carbocycles. The monoisotopic (exact) mass is 378 g/mol. The highest BCUT2D eigenvalue weighted by Gasteiger charge is 2.23. The third kappa shape index (κ3) is 6.59. The average molecular weight is 378 g/mol. The minimum atomic E-state index is -0.273. The maximum absolute atomic E-state index is 13.0. The van der Waals surface area contributed by atoms with Gasteiger partial charge in [-0.2, -0.15) is 0 Å². The summed E-state index contributed by atoms with van der Waals surface area (Å²) in [5.74, 6) is -0.0550. The second kappa shape index (κ2) is 10.4. The van der Waals surface area contributed by atoms with Gasteiger partial charge in [-0.25, -0.2) is 4.39 Å². The molecule has 1 heterocycles. The first-order valence-corrected chi connectivity index (χ1v) is 9.63. The number of hydrogen-bond acceptors (Lipinski definition) is 4. The van der Waals surface area contributed by atoms with E-state index in [2.05, 4.69) is 9.80 Å². The molecular formula is C20H31FN4O2. The van der Waals surface area contributed by atoms with Crippen LogP contribution in [0, 0.1) is 5.82 Å². The summed E-state index contributed by atoms with van der Waals surface area (Å²) in [6, 6.07) is 6.22. The zero-order valence-corrected chi connectivity index (χ0v) is 16.7. The van der Waals surface area contributed by atoms with E-state index in [1.807, 2.05) is 18.7 Å². The number of rotatable bonds is 8. The number of likely N-dealkylation sites (N-methyl/N-ethyl adjacent to an activating group) is 2. The summed E-state index contributed by atoms with van der Waals surface area (Å²) in [4.78, 5) is 32.4. The van der Waals surface area contributed by atoms with Gasteiger partial charge in [-0.05, 0) is 31.5 Å². The minimum absolute atomic E-state index is 0.0481. The van der Waals surface area contributed by atoms with Gasteiger partial charge in [0.15, 0.2) is 0 Å². The van der Waals surface area contributed by atoms with E-state index in [0.717, 1.165) is 44.8 Å². The molecule has 1 aromatic carbocycles. The molecule has 1 fully saturated rings. The number of amides is 2. The molecule has 150 valence electrons. The Morgan fingerprint density at radius 2 is 1.41 bits per heavy atom. The lowest BCUT2D eigenvalue weighted by molar-refractivity contribution is -0.134. The molecule has 0 bridgehead atoms. The lowest BCUT2D eigenvalue weighted by atomic mass is 10.2. The predicted octanol–water partition coefficient (Wildman–Crippen LogP) is 1.27. The molecular weight excluding hydrogens is 347 g/mol. The molecule has 7 heteroatoms. The van der Waals surface area contributed by atoms with E-state index in [9.17, 15) is 14.0 Å². The standard InChI is InChI=1S/C20H31FN4O2/c1-4-25(5-2)20(27)16-24-12-10-23(11-13-24)15-19(26)22(3)14-17-6-8-18(21)9-7-17/h6-9H,4-5,10-16H2,1-3H3. The van der Waals surface area contributed by atoms with Crippen molar-refractivity contribution in [1.29, 1.82) is 0 Å². The summed E-state index contributed by atoms with van der Waals surface area (Å²) < 4.78 is 13.0. The second-order valence-electron chi connectivity index (χ2n) is 6.99. The van der Waals surface area contributed by atoms with Crippen LogP contribution < -0.4 is 0 Å². The summed E-state index contributed by atoms with van der Waals surface area (Å²) >= 11 is 0. The molecule has 0 unspecified atom stereocenters. The maximum Gasteiger partial charge on any atom is 0.236 e. The molecule has 0 saturated carbocycles. The smallest absolute Gasteiger partial charge is 0.236 e. The highest BCUT2D eigenvalue weighted by molar-refractivity contribution is 5.78. The molecule has 1 aliphatic heterocycles. The van der Waals surface area contributed by atoms with Crippen LogP contribution in [0.25, 0.3) is 0 Å². The van der Waals surface area contributed by atoms with Crippen LogP contribution in [0.15, 0.2) is 24.3 Å². The largest absolute Gasteiger partial charge is 0.342 e. The van der Waals surface area contributed by atoms with Crippen LogP contribution in [0.4, 0.5) is 4.39 Å². The molecule has 2 rings (SSSR count). The zero-order chi connectivity index (χ0) is 19.8. The molecule has 0 aromatic heterocycles. The fourth-order valence-electron chi connectivity index (χ4n) is 3.24. The first-order chi connectivity index (χ1) is 12.9. The molecule has 1 aliphatic rings. The Labute approximate surface area is 161 Å². The predicted molar refractivity (Wildman–Crippen MR) is 104 cm³/mol. The molecule has 0 spiro atoms. The molecule has 1 saturated heterocycles. The van der Waals surface area contributed by atoms with Gasteiger partial charge in [0.2, 0.25) is 11.8 Å². The van der Waals surface area contributed by atoms with Crippen LogP contribution in [0.3, 0.4) is 0 Å². The number of carbonyl (C=O) groups excluding carboxylic acids is 2. The highest BCUT2D eigenvalue weighted by atomic mass is 19.1. The first-order valence-electron chi connectivity index (χ1n) is 9.63. The van der Waals surface area contributed by atoms with Crippen LogP contribution in [0.1, 0.15) is 19.4 Å². The van der Waals surface area contributed by atoms with E-state index < -0.39 is 0 Å². The normalized spacial score (nSPS) is 15.6. The van der Waals surface area contributed by atoms with Gasteiger partial charge in [0, 0.05) is 52.9 Å². The number of benzene rings is 1. The minimum Gasteiger partial charge on any atom is -0.342 e. The van der Waals surface area contributed by atoms with E-state index in [1.165, 1.54) is 12.1 Å². The van der Waals surface area contributed by atoms with Gasteiger partial charge in [-0.1, -0.05) is 12.1 Å². The van der Waals surface area contributed by atoms with E-state index in [1.54, 1.807) is 24.1 Å². The highest BCUT2D eigenvalue weighted by Crippen LogP contribution is 2.08. The average Bonchev–Trinajstić information content (AvgIpc) is 2.66. The van der Waals surface area contributed by atoms with Crippen molar-refractivity contribution in [3.8, 4) is 0 Å². The van der Waals surface area contributed by atoms with E-state index in [4.69, 9.17) is 0 Å². The summed E-state index contributed by atoms with van der Waals surface area (Å²) in [6.07, 6.45) is 0. The second-order valence-corrected chi connectivity index (χ2v) is 6.99. The molecule has 0 N–H and O–H groups in total. The van der Waals surface area contributed by atoms with Crippen molar-refractivity contribution in [3.05, 3.63) is 35.6 Å². The molecule has 1 aromatic rings. The van der Waals surface area contributed by atoms with Gasteiger partial charge in [0.05, 0.1) is 13.1 Å². The summed E-state index contributed by atoms with van der Waals surface area (Å²) in [5.41, 5.74) is 0.909. The van der Waals surface area contributed by atoms with Gasteiger partial charge in [0.25, 0.3) is 0 Å². The van der Waals surface area contributed by atoms with E-state index in [-0.39, 0.29) is 17.6 Å². The Kier molecular flexibility index (Phi) is 8.19. The van der Waals surface area contributed by atoms with Gasteiger partial charge in [-0.15, -0.1) is 0 Å². The molecule has 0 atom stereocenters. The van der Waals surface area contributed by atoms with E-state index in [0.29, 0.717) is 19.6 Å². The quantitative estimate of drug-likeness (QED) is 0.684. The number of halogens is 1. The van der Waals surface area contributed by atoms with Gasteiger partial charge >= 0.3 is 0 Å².